The van der Waals surface area contributed by atoms with Crippen LogP contribution in [0.4, 0.5) is 0 Å². The van der Waals surface area contributed by atoms with Crippen LogP contribution in [0.2, 0.25) is 0 Å². The minimum absolute atomic E-state index is 0.508. The van der Waals surface area contributed by atoms with Crippen molar-refractivity contribution in [1.29, 1.82) is 0 Å². The summed E-state index contributed by atoms with van der Waals surface area (Å²) in [6.07, 6.45) is 0. The van der Waals surface area contributed by atoms with Crippen molar-refractivity contribution < 1.29 is 50.4 Å². The van der Waals surface area contributed by atoms with Crippen LogP contribution in [0, 0.1) is 0 Å². The first-order valence-corrected chi connectivity index (χ1v) is 9.91. The molecule has 0 aliphatic rings. The van der Waals surface area contributed by atoms with Gasteiger partial charge in [-0.15, -0.1) is 0 Å². The molecule has 0 aromatic heterocycles. The molecule has 152 valence electrons. The van der Waals surface area contributed by atoms with Crippen LogP contribution in [0.5, 0.6) is 23.0 Å². The van der Waals surface area contributed by atoms with Gasteiger partial charge in [0.1, 0.15) is 43.2 Å². The minimum atomic E-state index is -5.12. The van der Waals surface area contributed by atoms with Gasteiger partial charge in [0, 0.05) is 12.1 Å². The number of aromatic hydroxyl groups is 2. The molecular weight excluding hydrogens is 420 g/mol. The summed E-state index contributed by atoms with van der Waals surface area (Å²) in [6, 6.07) is 2.38. The van der Waals surface area contributed by atoms with E-state index < -0.39 is 69.9 Å². The summed E-state index contributed by atoms with van der Waals surface area (Å²) >= 11 is 0. The molecule has 13 heteroatoms. The first-order valence-electron chi connectivity index (χ1n) is 7.09. The van der Waals surface area contributed by atoms with E-state index in [2.05, 4.69) is 9.47 Å². The van der Waals surface area contributed by atoms with Crippen LogP contribution in [-0.2, 0) is 20.2 Å². The Hall–Kier alpha value is -2.87. The first-order chi connectivity index (χ1) is 12.8. The van der Waals surface area contributed by atoms with Crippen molar-refractivity contribution in [2.45, 2.75) is 9.79 Å². The predicted octanol–water partition coefficient (Wildman–Crippen LogP) is 0.154. The third-order valence-corrected chi connectivity index (χ3v) is 5.31. The lowest BCUT2D eigenvalue weighted by molar-refractivity contribution is 0.103. The molecule has 0 radical (unpaired) electrons. The van der Waals surface area contributed by atoms with Gasteiger partial charge in [0.05, 0.1) is 35.1 Å². The molecule has 28 heavy (non-hydrogen) atoms. The molecule has 0 heterocycles. The summed E-state index contributed by atoms with van der Waals surface area (Å²) in [5.74, 6) is -3.99. The SMILES string of the molecule is COc1cc(O)c(C(=O)c2cc(S(=O)(=O)[O-])c(OC)cc2O)cc1S(=O)(=O)[O-]. The molecule has 2 aromatic carbocycles. The second-order valence-corrected chi connectivity index (χ2v) is 7.97. The number of rotatable bonds is 6. The van der Waals surface area contributed by atoms with Gasteiger partial charge in [-0.1, -0.05) is 0 Å². The van der Waals surface area contributed by atoms with Crippen LogP contribution < -0.4 is 9.47 Å². The van der Waals surface area contributed by atoms with Crippen molar-refractivity contribution in [3.8, 4) is 23.0 Å². The highest BCUT2D eigenvalue weighted by Gasteiger charge is 2.25. The molecule has 2 N–H and O–H groups in total. The highest BCUT2D eigenvalue weighted by Crippen LogP contribution is 2.36. The predicted molar refractivity (Wildman–Crippen MR) is 88.7 cm³/mol. The van der Waals surface area contributed by atoms with E-state index in [4.69, 9.17) is 0 Å². The molecule has 0 unspecified atom stereocenters. The van der Waals surface area contributed by atoms with Crippen LogP contribution in [0.25, 0.3) is 0 Å². The third-order valence-electron chi connectivity index (χ3n) is 3.59. The Kier molecular flexibility index (Phi) is 5.57. The smallest absolute Gasteiger partial charge is 0.200 e. The number of carbonyl (C=O) groups is 1. The number of ketones is 1. The number of phenolic OH excluding ortho intramolecular Hbond substituents is 2. The standard InChI is InChI=1S/C15H14O11S2/c1-25-11-5-9(16)7(3-13(11)27(19,20)21)15(18)8-4-14(28(22,23)24)12(26-2)6-10(8)17/h3-6,16-17H,1-2H3,(H,19,20,21)(H,22,23,24)/p-2. The Morgan fingerprint density at radius 1 is 0.786 bits per heavy atom. The van der Waals surface area contributed by atoms with E-state index in [1.54, 1.807) is 0 Å². The van der Waals surface area contributed by atoms with E-state index in [0.717, 1.165) is 14.2 Å². The van der Waals surface area contributed by atoms with Crippen molar-refractivity contribution >= 4 is 26.0 Å². The van der Waals surface area contributed by atoms with Crippen molar-refractivity contribution in [2.24, 2.45) is 0 Å². The lowest BCUT2D eigenvalue weighted by Crippen LogP contribution is -2.09. The maximum atomic E-state index is 12.7. The number of methoxy groups -OCH3 is 2. The van der Waals surface area contributed by atoms with Gasteiger partial charge in [-0.3, -0.25) is 4.79 Å². The van der Waals surface area contributed by atoms with E-state index in [1.807, 2.05) is 0 Å². The van der Waals surface area contributed by atoms with Crippen LogP contribution >= 0.6 is 0 Å². The zero-order chi connectivity index (χ0) is 21.4. The van der Waals surface area contributed by atoms with E-state index in [9.17, 15) is 40.9 Å². The maximum Gasteiger partial charge on any atom is 0.200 e. The molecule has 0 atom stereocenters. The van der Waals surface area contributed by atoms with Gasteiger partial charge in [0.15, 0.2) is 0 Å². The second kappa shape index (κ2) is 7.27. The molecule has 0 aliphatic carbocycles. The van der Waals surface area contributed by atoms with E-state index in [-0.39, 0.29) is 0 Å². The summed E-state index contributed by atoms with van der Waals surface area (Å²) < 4.78 is 77.5. The molecule has 0 amide bonds. The Morgan fingerprint density at radius 2 is 1.11 bits per heavy atom. The van der Waals surface area contributed by atoms with Crippen LogP contribution in [-0.4, -0.2) is 56.2 Å². The normalized spacial score (nSPS) is 11.9. The molecule has 0 fully saturated rings. The molecular formula is C15H12O11S2-2. The van der Waals surface area contributed by atoms with E-state index in [1.165, 1.54) is 0 Å². The van der Waals surface area contributed by atoms with Crippen molar-refractivity contribution in [2.75, 3.05) is 14.2 Å². The molecule has 2 rings (SSSR count). The van der Waals surface area contributed by atoms with Gasteiger partial charge in [-0.05, 0) is 12.1 Å². The van der Waals surface area contributed by atoms with E-state index in [0.29, 0.717) is 24.3 Å². The number of hydrogen-bond donors (Lipinski definition) is 2. The van der Waals surface area contributed by atoms with Crippen molar-refractivity contribution in [3.63, 3.8) is 0 Å². The van der Waals surface area contributed by atoms with Gasteiger partial charge >= 0.3 is 0 Å². The number of ether oxygens (including phenoxy) is 2. The molecule has 0 saturated carbocycles. The fourth-order valence-corrected chi connectivity index (χ4v) is 3.62. The molecule has 0 spiro atoms. The topological polar surface area (TPSA) is 190 Å². The van der Waals surface area contributed by atoms with Gasteiger partial charge < -0.3 is 28.8 Å². The average molecular weight is 432 g/mol. The Bertz CT molecular complexity index is 1070. The molecule has 0 aliphatic heterocycles. The van der Waals surface area contributed by atoms with Crippen LogP contribution in [0.3, 0.4) is 0 Å². The zero-order valence-corrected chi connectivity index (χ0v) is 15.8. The largest absolute Gasteiger partial charge is 0.744 e. The van der Waals surface area contributed by atoms with Crippen molar-refractivity contribution in [1.82, 2.24) is 0 Å². The summed E-state index contributed by atoms with van der Waals surface area (Å²) in [5.41, 5.74) is -1.52. The molecule has 0 saturated heterocycles. The maximum absolute atomic E-state index is 12.7. The zero-order valence-electron chi connectivity index (χ0n) is 14.2. The molecule has 11 nitrogen and oxygen atoms in total. The minimum Gasteiger partial charge on any atom is -0.744 e. The van der Waals surface area contributed by atoms with E-state index >= 15 is 0 Å². The second-order valence-electron chi connectivity index (χ2n) is 5.28. The van der Waals surface area contributed by atoms with Gasteiger partial charge in [0.2, 0.25) is 5.78 Å². The van der Waals surface area contributed by atoms with Gasteiger partial charge in [-0.2, -0.15) is 0 Å². The number of hydrogen-bond acceptors (Lipinski definition) is 11. The van der Waals surface area contributed by atoms with Crippen LogP contribution in [0.15, 0.2) is 34.1 Å². The summed E-state index contributed by atoms with van der Waals surface area (Å²) in [5, 5.41) is 20.0. The fraction of sp³-hybridized carbons (Fsp3) is 0.133. The van der Waals surface area contributed by atoms with Crippen molar-refractivity contribution in [3.05, 3.63) is 35.4 Å². The van der Waals surface area contributed by atoms with Gasteiger partial charge in [-0.25, -0.2) is 16.8 Å². The lowest BCUT2D eigenvalue weighted by atomic mass is 10.0. The lowest BCUT2D eigenvalue weighted by Gasteiger charge is -2.16. The van der Waals surface area contributed by atoms with Gasteiger partial charge in [0.25, 0.3) is 0 Å². The Morgan fingerprint density at radius 3 is 1.36 bits per heavy atom. The third kappa shape index (κ3) is 4.01. The summed E-state index contributed by atoms with van der Waals surface area (Å²) in [4.78, 5) is 10.7. The van der Waals surface area contributed by atoms with Crippen LogP contribution in [0.1, 0.15) is 15.9 Å². The monoisotopic (exact) mass is 432 g/mol. The number of phenols is 2. The summed E-state index contributed by atoms with van der Waals surface area (Å²) in [6.45, 7) is 0. The fourth-order valence-electron chi connectivity index (χ4n) is 2.32. The first kappa shape index (κ1) is 21.4. The highest BCUT2D eigenvalue weighted by molar-refractivity contribution is 7.86. The Labute approximate surface area is 159 Å². The number of benzene rings is 2. The average Bonchev–Trinajstić information content (AvgIpc) is 2.58. The number of carbonyl (C=O) groups excluding carboxylic acids is 1. The highest BCUT2D eigenvalue weighted by atomic mass is 32.2. The molecule has 0 bridgehead atoms. The quantitative estimate of drug-likeness (QED) is 0.466. The summed E-state index contributed by atoms with van der Waals surface area (Å²) in [7, 11) is -8.20. The molecule has 2 aromatic rings. The Balaban J connectivity index is 2.77.